The van der Waals surface area contributed by atoms with E-state index in [0.717, 1.165) is 59.7 Å². The zero-order chi connectivity index (χ0) is 31.9. The van der Waals surface area contributed by atoms with Crippen LogP contribution in [0.5, 0.6) is 5.75 Å². The zero-order valence-corrected chi connectivity index (χ0v) is 24.5. The van der Waals surface area contributed by atoms with Gasteiger partial charge in [-0.15, -0.1) is 13.2 Å². The second kappa shape index (κ2) is 12.0. The van der Waals surface area contributed by atoms with Crippen molar-refractivity contribution in [3.63, 3.8) is 0 Å². The topological polar surface area (TPSA) is 91.1 Å². The van der Waals surface area contributed by atoms with Gasteiger partial charge in [0.15, 0.2) is 11.6 Å². The molecule has 0 saturated carbocycles. The minimum atomic E-state index is -5.24. The summed E-state index contributed by atoms with van der Waals surface area (Å²) in [6.07, 6.45) is -0.406. The molecular formula is C32H31F4N5O4. The van der Waals surface area contributed by atoms with Crippen molar-refractivity contribution in [3.8, 4) is 11.4 Å². The Labute approximate surface area is 255 Å². The van der Waals surface area contributed by atoms with Crippen LogP contribution in [0.25, 0.3) is 16.6 Å². The lowest BCUT2D eigenvalue weighted by Crippen LogP contribution is -2.47. The molecule has 0 amide bonds. The van der Waals surface area contributed by atoms with Gasteiger partial charge >= 0.3 is 12.3 Å². The molecule has 0 unspecified atom stereocenters. The second-order valence-corrected chi connectivity index (χ2v) is 11.3. The number of alkyl halides is 3. The van der Waals surface area contributed by atoms with E-state index in [1.807, 2.05) is 17.9 Å². The fraction of sp³-hybridized carbons (Fsp3) is 0.344. The number of carbonyl (C=O) groups is 1. The van der Waals surface area contributed by atoms with E-state index >= 15 is 4.39 Å². The van der Waals surface area contributed by atoms with Crippen LogP contribution in [0.3, 0.4) is 0 Å². The number of carboxylic acids is 1. The first-order chi connectivity index (χ1) is 21.5. The number of piperazine rings is 1. The average Bonchev–Trinajstić information content (AvgIpc) is 3.51. The van der Waals surface area contributed by atoms with E-state index in [1.165, 1.54) is 4.90 Å². The summed E-state index contributed by atoms with van der Waals surface area (Å²) in [6.45, 7) is 5.47. The average molecular weight is 626 g/mol. The Morgan fingerprint density at radius 1 is 1.00 bits per heavy atom. The molecule has 0 atom stereocenters. The maximum Gasteiger partial charge on any atom is 0.573 e. The highest BCUT2D eigenvalue weighted by Gasteiger charge is 2.37. The number of ether oxygens (including phenoxy) is 1. The smallest absolute Gasteiger partial charge is 0.477 e. The fourth-order valence-electron chi connectivity index (χ4n) is 6.19. The molecule has 2 aromatic heterocycles. The Kier molecular flexibility index (Phi) is 8.12. The third-order valence-electron chi connectivity index (χ3n) is 8.32. The van der Waals surface area contributed by atoms with E-state index in [0.29, 0.717) is 19.6 Å². The van der Waals surface area contributed by atoms with Gasteiger partial charge in [-0.2, -0.15) is 0 Å². The van der Waals surface area contributed by atoms with Crippen molar-refractivity contribution in [2.75, 3.05) is 49.1 Å². The molecule has 4 aromatic rings. The lowest BCUT2D eigenvalue weighted by atomic mass is 10.1. The first-order valence-corrected chi connectivity index (χ1v) is 14.6. The first-order valence-electron chi connectivity index (χ1n) is 14.6. The Bertz CT molecular complexity index is 1800. The Hall–Kier alpha value is -4.65. The number of benzene rings is 2. The molecule has 0 bridgehead atoms. The molecule has 45 heavy (non-hydrogen) atoms. The van der Waals surface area contributed by atoms with E-state index in [-0.39, 0.29) is 24.3 Å². The van der Waals surface area contributed by atoms with Crippen molar-refractivity contribution < 1.29 is 32.2 Å². The summed E-state index contributed by atoms with van der Waals surface area (Å²) in [6, 6.07) is 11.4. The molecule has 0 radical (unpaired) electrons. The number of anilines is 2. The fourth-order valence-corrected chi connectivity index (χ4v) is 6.19. The van der Waals surface area contributed by atoms with Gasteiger partial charge in [-0.25, -0.2) is 14.2 Å². The van der Waals surface area contributed by atoms with E-state index in [1.54, 1.807) is 36.5 Å². The van der Waals surface area contributed by atoms with E-state index in [4.69, 9.17) is 0 Å². The summed E-state index contributed by atoms with van der Waals surface area (Å²) < 4.78 is 63.6. The molecule has 1 N–H and O–H groups in total. The van der Waals surface area contributed by atoms with Gasteiger partial charge in [0.2, 0.25) is 5.43 Å². The first kappa shape index (κ1) is 30.4. The number of likely N-dealkylation sites (tertiary alicyclic amines) is 1. The third kappa shape index (κ3) is 6.17. The molecule has 13 heteroatoms. The second-order valence-electron chi connectivity index (χ2n) is 11.3. The van der Waals surface area contributed by atoms with Gasteiger partial charge in [-0.05, 0) is 68.2 Å². The lowest BCUT2D eigenvalue weighted by molar-refractivity contribution is -0.274. The minimum absolute atomic E-state index is 0.134. The quantitative estimate of drug-likeness (QED) is 0.275. The van der Waals surface area contributed by atoms with Crippen molar-refractivity contribution in [3.05, 3.63) is 87.6 Å². The Balaban J connectivity index is 1.48. The number of rotatable bonds is 7. The molecule has 2 fully saturated rings. The molecule has 2 aliphatic heterocycles. The van der Waals surface area contributed by atoms with Gasteiger partial charge in [0.05, 0.1) is 5.39 Å². The van der Waals surface area contributed by atoms with Gasteiger partial charge in [-0.1, -0.05) is 18.2 Å². The molecule has 0 aliphatic carbocycles. The number of aromatic carboxylic acids is 1. The molecule has 2 aliphatic rings. The molecule has 9 nitrogen and oxygen atoms in total. The van der Waals surface area contributed by atoms with E-state index in [9.17, 15) is 27.9 Å². The van der Waals surface area contributed by atoms with Gasteiger partial charge in [0.1, 0.15) is 22.6 Å². The lowest BCUT2D eigenvalue weighted by Gasteiger charge is -2.38. The molecule has 0 spiro atoms. The van der Waals surface area contributed by atoms with Gasteiger partial charge in [0, 0.05) is 50.8 Å². The number of fused-ring (bicyclic) bond motifs is 1. The number of hydrogen-bond acceptors (Lipinski definition) is 7. The highest BCUT2D eigenvalue weighted by atomic mass is 19.4. The van der Waals surface area contributed by atoms with Crippen LogP contribution in [0.1, 0.15) is 34.3 Å². The molecule has 2 saturated heterocycles. The molecular weight excluding hydrogens is 594 g/mol. The van der Waals surface area contributed by atoms with Gasteiger partial charge in [-0.3, -0.25) is 9.69 Å². The number of hydrogen-bond donors (Lipinski definition) is 1. The minimum Gasteiger partial charge on any atom is -0.477 e. The number of halogens is 4. The zero-order valence-electron chi connectivity index (χ0n) is 24.5. The highest BCUT2D eigenvalue weighted by molar-refractivity contribution is 5.98. The largest absolute Gasteiger partial charge is 0.573 e. The van der Waals surface area contributed by atoms with Crippen LogP contribution >= 0.6 is 0 Å². The van der Waals surface area contributed by atoms with Crippen LogP contribution in [-0.4, -0.2) is 71.2 Å². The summed E-state index contributed by atoms with van der Waals surface area (Å²) in [5.74, 6) is -2.90. The summed E-state index contributed by atoms with van der Waals surface area (Å²) in [7, 11) is 0. The number of carboxylic acid groups (broad SMARTS) is 1. The van der Waals surface area contributed by atoms with Crippen LogP contribution in [0.4, 0.5) is 29.1 Å². The van der Waals surface area contributed by atoms with Crippen molar-refractivity contribution in [1.29, 1.82) is 0 Å². The van der Waals surface area contributed by atoms with E-state index < -0.39 is 46.0 Å². The van der Waals surface area contributed by atoms with Crippen molar-refractivity contribution in [1.82, 2.24) is 14.5 Å². The van der Waals surface area contributed by atoms with Crippen LogP contribution < -0.4 is 20.0 Å². The van der Waals surface area contributed by atoms with Crippen LogP contribution in [0.15, 0.2) is 59.7 Å². The van der Waals surface area contributed by atoms with Crippen LogP contribution in [0.2, 0.25) is 0 Å². The summed E-state index contributed by atoms with van der Waals surface area (Å²) >= 11 is 0. The highest BCUT2D eigenvalue weighted by Crippen LogP contribution is 2.42. The molecule has 2 aromatic carbocycles. The summed E-state index contributed by atoms with van der Waals surface area (Å²) in [5, 5.41) is 9.24. The van der Waals surface area contributed by atoms with Crippen molar-refractivity contribution in [2.24, 2.45) is 0 Å². The Morgan fingerprint density at radius 3 is 2.29 bits per heavy atom. The number of aryl methyl sites for hydroxylation is 1. The third-order valence-corrected chi connectivity index (χ3v) is 8.32. The molecule has 4 heterocycles. The summed E-state index contributed by atoms with van der Waals surface area (Å²) in [5.41, 5.74) is -0.501. The SMILES string of the molecule is Cc1cccnc1N1CCN(c2c(F)cc3c(=O)c(C(=O)O)cn(-c4ccc(CN5CCCC5)cc4)c3c2OC(F)(F)F)CC1. The van der Waals surface area contributed by atoms with Gasteiger partial charge in [0.25, 0.3) is 0 Å². The number of pyridine rings is 2. The standard InChI is InChI=1S/C32H31F4N5O4/c1-20-5-4-10-37-30(20)40-15-13-39(14-16-40)27-25(33)17-23-26(29(27)45-32(34,35)36)41(19-24(28(23)42)31(43)44)22-8-6-21(7-9-22)18-38-11-2-3-12-38/h4-10,17,19H,2-3,11-16,18H2,1H3,(H,43,44). The van der Waals surface area contributed by atoms with Crippen LogP contribution in [-0.2, 0) is 6.54 Å². The maximum atomic E-state index is 15.9. The van der Waals surface area contributed by atoms with Gasteiger partial charge < -0.3 is 24.2 Å². The number of nitrogens with zero attached hydrogens (tertiary/aromatic N) is 5. The van der Waals surface area contributed by atoms with E-state index in [2.05, 4.69) is 14.6 Å². The maximum absolute atomic E-state index is 15.9. The normalized spacial score (nSPS) is 16.0. The predicted octanol–water partition coefficient (Wildman–Crippen LogP) is 5.35. The predicted molar refractivity (Wildman–Crippen MR) is 161 cm³/mol. The number of aromatic nitrogens is 2. The van der Waals surface area contributed by atoms with Crippen molar-refractivity contribution >= 4 is 28.4 Å². The molecule has 236 valence electrons. The Morgan fingerprint density at radius 2 is 1.67 bits per heavy atom. The van der Waals surface area contributed by atoms with Crippen LogP contribution in [0, 0.1) is 12.7 Å². The summed E-state index contributed by atoms with van der Waals surface area (Å²) in [4.78, 5) is 35.4. The van der Waals surface area contributed by atoms with Crippen molar-refractivity contribution in [2.45, 2.75) is 32.7 Å². The molecule has 6 rings (SSSR count). The monoisotopic (exact) mass is 625 g/mol.